The minimum Gasteiger partial charge on any atom is -0.504 e. The van der Waals surface area contributed by atoms with Gasteiger partial charge in [0.05, 0.1) is 52.1 Å². The lowest BCUT2D eigenvalue weighted by Crippen LogP contribution is -2.08. The number of esters is 2. The van der Waals surface area contributed by atoms with Gasteiger partial charge in [0.2, 0.25) is 0 Å². The van der Waals surface area contributed by atoms with Crippen molar-refractivity contribution in [2.24, 2.45) is 0 Å². The molecule has 2 N–H and O–H groups in total. The van der Waals surface area contributed by atoms with Crippen molar-refractivity contribution >= 4 is 17.6 Å². The molecule has 0 aliphatic carbocycles. The van der Waals surface area contributed by atoms with Gasteiger partial charge in [-0.1, -0.05) is 0 Å². The van der Waals surface area contributed by atoms with Gasteiger partial charge in [0.1, 0.15) is 5.56 Å². The molecule has 0 radical (unpaired) electrons. The minimum absolute atomic E-state index is 0.00965. The minimum atomic E-state index is -2.89. The molecule has 0 atom stereocenters. The van der Waals surface area contributed by atoms with Gasteiger partial charge >= 0.3 is 11.9 Å². The smallest absolute Gasteiger partial charge is 0.345 e. The molecule has 0 unspecified atom stereocenters. The molecule has 0 aliphatic heterocycles. The summed E-state index contributed by atoms with van der Waals surface area (Å²) >= 11 is 0. The predicted molar refractivity (Wildman–Crippen MR) is 108 cm³/mol. The number of rotatable bonds is 7. The topological polar surface area (TPSA) is 155 Å². The van der Waals surface area contributed by atoms with Crippen LogP contribution in [0.2, 0.25) is 0 Å². The van der Waals surface area contributed by atoms with E-state index in [1.807, 2.05) is 0 Å². The third kappa shape index (κ3) is 6.77. The van der Waals surface area contributed by atoms with E-state index in [4.69, 9.17) is 13.0 Å². The highest BCUT2D eigenvalue weighted by atomic mass is 16.6. The summed E-state index contributed by atoms with van der Waals surface area (Å²) in [7, 11) is -5.54. The summed E-state index contributed by atoms with van der Waals surface area (Å²) in [5.41, 5.74) is -1.09. The van der Waals surface area contributed by atoms with Crippen LogP contribution in [0.1, 0.15) is 42.8 Å². The molecule has 2 aromatic rings. The molecule has 168 valence electrons. The van der Waals surface area contributed by atoms with E-state index in [0.29, 0.717) is 6.07 Å². The van der Waals surface area contributed by atoms with Gasteiger partial charge in [0, 0.05) is 6.07 Å². The van der Waals surface area contributed by atoms with Crippen molar-refractivity contribution in [1.82, 2.24) is 0 Å². The summed E-state index contributed by atoms with van der Waals surface area (Å²) in [4.78, 5) is 32.8. The first-order valence-corrected chi connectivity index (χ1v) is 8.55. The van der Waals surface area contributed by atoms with Crippen molar-refractivity contribution in [3.63, 3.8) is 0 Å². The number of phenolic OH excluding ortho intramolecular Hbond substituents is 2. The van der Waals surface area contributed by atoms with Gasteiger partial charge in [0.25, 0.3) is 5.69 Å². The van der Waals surface area contributed by atoms with Crippen LogP contribution in [-0.4, -0.2) is 54.4 Å². The number of hydrogen-bond acceptors (Lipinski definition) is 10. The van der Waals surface area contributed by atoms with Crippen molar-refractivity contribution in [3.8, 4) is 23.0 Å². The number of nitro benzene ring substituents is 1. The summed E-state index contributed by atoms with van der Waals surface area (Å²) < 4.78 is 59.6. The Balaban J connectivity index is 0.000000375. The molecule has 11 heteroatoms. The van der Waals surface area contributed by atoms with Gasteiger partial charge in [-0.3, -0.25) is 10.1 Å². The number of carbonyl (C=O) groups is 2. The first-order valence-electron chi connectivity index (χ1n) is 11.6. The molecule has 0 saturated heterocycles. The average molecular weight is 443 g/mol. The van der Waals surface area contributed by atoms with E-state index < -0.39 is 59.4 Å². The Kier molecular flexibility index (Phi) is 6.40. The van der Waals surface area contributed by atoms with E-state index in [0.717, 1.165) is 12.1 Å². The highest BCUT2D eigenvalue weighted by Crippen LogP contribution is 2.34. The summed E-state index contributed by atoms with van der Waals surface area (Å²) in [6, 6.07) is 5.01. The first kappa shape index (κ1) is 16.7. The van der Waals surface area contributed by atoms with Gasteiger partial charge in [0.15, 0.2) is 23.0 Å². The van der Waals surface area contributed by atoms with Crippen LogP contribution in [0, 0.1) is 10.1 Å². The van der Waals surface area contributed by atoms with Gasteiger partial charge in [-0.05, 0) is 32.0 Å². The predicted octanol–water partition coefficient (Wildman–Crippen LogP) is 3.06. The van der Waals surface area contributed by atoms with Crippen LogP contribution in [0.3, 0.4) is 0 Å². The Labute approximate surface area is 186 Å². The molecule has 2 rings (SSSR count). The zero-order valence-corrected chi connectivity index (χ0v) is 16.4. The molecule has 2 aromatic carbocycles. The summed E-state index contributed by atoms with van der Waals surface area (Å²) in [6.45, 7) is 3.37. The monoisotopic (exact) mass is 443 g/mol. The molecule has 0 saturated carbocycles. The van der Waals surface area contributed by atoms with E-state index in [9.17, 15) is 29.9 Å². The lowest BCUT2D eigenvalue weighted by atomic mass is 10.1. The van der Waals surface area contributed by atoms with Gasteiger partial charge in [-0.25, -0.2) is 9.59 Å². The largest absolute Gasteiger partial charge is 0.504 e. The van der Waals surface area contributed by atoms with E-state index in [1.165, 1.54) is 19.1 Å². The van der Waals surface area contributed by atoms with Crippen LogP contribution in [0.4, 0.5) is 5.69 Å². The van der Waals surface area contributed by atoms with Crippen LogP contribution < -0.4 is 9.47 Å². The number of aromatic hydroxyl groups is 2. The second-order valence-electron chi connectivity index (χ2n) is 5.42. The molecule has 0 bridgehead atoms. The first-order chi connectivity index (χ1) is 17.0. The molecule has 0 heterocycles. The highest BCUT2D eigenvalue weighted by molar-refractivity contribution is 5.95. The fourth-order valence-electron chi connectivity index (χ4n) is 2.11. The lowest BCUT2D eigenvalue weighted by Gasteiger charge is -2.07. The maximum Gasteiger partial charge on any atom is 0.345 e. The third-order valence-electron chi connectivity index (χ3n) is 3.46. The molecule has 0 amide bonds. The third-order valence-corrected chi connectivity index (χ3v) is 3.46. The quantitative estimate of drug-likeness (QED) is 0.370. The van der Waals surface area contributed by atoms with Gasteiger partial charge in [-0.2, -0.15) is 0 Å². The number of ether oxygens (including phenoxy) is 4. The van der Waals surface area contributed by atoms with E-state index in [1.54, 1.807) is 6.92 Å². The molecule has 0 fully saturated rings. The maximum absolute atomic E-state index is 11.5. The zero-order chi connectivity index (χ0) is 28.6. The number of nitro groups is 1. The molecule has 0 aromatic heterocycles. The highest BCUT2D eigenvalue weighted by Gasteiger charge is 2.24. The number of benzene rings is 2. The Morgan fingerprint density at radius 2 is 1.55 bits per heavy atom. The number of carbonyl (C=O) groups excluding carboxylic acids is 2. The number of phenols is 2. The number of hydrogen-bond donors (Lipinski definition) is 2. The molecule has 11 nitrogen and oxygen atoms in total. The molecule has 0 spiro atoms. The van der Waals surface area contributed by atoms with E-state index in [2.05, 4.69) is 14.2 Å². The van der Waals surface area contributed by atoms with Crippen molar-refractivity contribution in [2.45, 2.75) is 13.8 Å². The Hall–Kier alpha value is -4.02. The normalized spacial score (nSPS) is 13.4. The molecule has 0 aliphatic rings. The van der Waals surface area contributed by atoms with Crippen molar-refractivity contribution < 1.29 is 51.9 Å². The van der Waals surface area contributed by atoms with Crippen LogP contribution in [0.5, 0.6) is 23.0 Å². The SMILES string of the molecule is [2H]C([2H])([2H])Oc1cc([N+](=O)[O-])c(C(=O)OCC)cc1O.[2H]C([2H])([2H])Oc1ccc(C(=O)OCC)cc1O. The summed E-state index contributed by atoms with van der Waals surface area (Å²) in [5, 5.41) is 29.9. The van der Waals surface area contributed by atoms with Crippen LogP contribution in [-0.2, 0) is 9.47 Å². The molecular weight excluding hydrogens is 414 g/mol. The Morgan fingerprint density at radius 3 is 2.10 bits per heavy atom. The second kappa shape index (κ2) is 11.9. The van der Waals surface area contributed by atoms with Crippen LogP contribution in [0.25, 0.3) is 0 Å². The maximum atomic E-state index is 11.5. The van der Waals surface area contributed by atoms with Gasteiger partial charge < -0.3 is 29.2 Å². The molecular formula is C20H23NO10. The van der Waals surface area contributed by atoms with Gasteiger partial charge in [-0.15, -0.1) is 0 Å². The van der Waals surface area contributed by atoms with E-state index >= 15 is 0 Å². The average Bonchev–Trinajstić information content (AvgIpc) is 2.75. The Morgan fingerprint density at radius 1 is 0.968 bits per heavy atom. The zero-order valence-electron chi connectivity index (χ0n) is 22.4. The standard InChI is InChI=1S/C10H11NO6.C10H12O4/c1-3-17-10(13)6-4-8(12)9(16-2)5-7(6)11(14)15;1-3-14-10(12)7-4-5-9(13-2)8(11)6-7/h4-5,12H,3H2,1-2H3;4-6,11H,3H2,1-2H3/i2*2D3. The molecule has 31 heavy (non-hydrogen) atoms. The number of methoxy groups -OCH3 is 2. The lowest BCUT2D eigenvalue weighted by molar-refractivity contribution is -0.385. The summed E-state index contributed by atoms with van der Waals surface area (Å²) in [6.07, 6.45) is 0. The van der Waals surface area contributed by atoms with Crippen LogP contribution in [0.15, 0.2) is 30.3 Å². The van der Waals surface area contributed by atoms with Crippen molar-refractivity contribution in [2.75, 3.05) is 27.3 Å². The summed E-state index contributed by atoms with van der Waals surface area (Å²) in [5.74, 6) is -3.57. The van der Waals surface area contributed by atoms with E-state index in [-0.39, 0.29) is 24.5 Å². The van der Waals surface area contributed by atoms with Crippen LogP contribution >= 0.6 is 0 Å². The fraction of sp³-hybridized carbons (Fsp3) is 0.300. The Bertz CT molecular complexity index is 1130. The number of nitrogens with zero attached hydrogens (tertiary/aromatic N) is 1. The fourth-order valence-corrected chi connectivity index (χ4v) is 2.11. The van der Waals surface area contributed by atoms with Crippen molar-refractivity contribution in [1.29, 1.82) is 0 Å². The second-order valence-corrected chi connectivity index (χ2v) is 5.42. The van der Waals surface area contributed by atoms with Crippen molar-refractivity contribution in [3.05, 3.63) is 51.6 Å².